The Morgan fingerprint density at radius 1 is 0.306 bits per heavy atom. The number of hydrogen-bond donors (Lipinski definition) is 0. The van der Waals surface area contributed by atoms with Gasteiger partial charge in [0.1, 0.15) is 6.07 Å². The second kappa shape index (κ2) is 17.3. The van der Waals surface area contributed by atoms with Crippen LogP contribution in [-0.4, -0.2) is 19.1 Å². The second-order valence-electron chi connectivity index (χ2n) is 17.3. The zero-order chi connectivity index (χ0) is 48.9. The first-order chi connectivity index (χ1) is 35.5. The molecular weight excluding hydrogens is 883 g/mol. The molecule has 330 valence electrons. The summed E-state index contributed by atoms with van der Waals surface area (Å²) in [6, 6.07) is 76.2. The quantitative estimate of drug-likeness (QED) is 0.154. The van der Waals surface area contributed by atoms with Crippen LogP contribution in [0.25, 0.3) is 111 Å². The summed E-state index contributed by atoms with van der Waals surface area (Å²) in [5, 5.41) is 54.7. The number of hydrogen-bond acceptors (Lipinski definition) is 7. The molecule has 0 aliphatic carbocycles. The van der Waals surface area contributed by atoms with Crippen molar-refractivity contribution in [3.05, 3.63) is 228 Å². The maximum atomic E-state index is 11.4. The van der Waals surface area contributed by atoms with E-state index in [4.69, 9.17) is 9.97 Å². The lowest BCUT2D eigenvalue weighted by molar-refractivity contribution is 1.11. The summed E-state index contributed by atoms with van der Waals surface area (Å²) < 4.78 is 4.29. The molecule has 0 atom stereocenters. The largest absolute Gasteiger partial charge is 0.308 e. The molecular formula is C63H33N9. The van der Waals surface area contributed by atoms with Crippen molar-refractivity contribution in [3.63, 3.8) is 0 Å². The van der Waals surface area contributed by atoms with Gasteiger partial charge in [-0.05, 0) is 101 Å². The normalized spacial score (nSPS) is 11.0. The third-order valence-electron chi connectivity index (χ3n) is 13.3. The zero-order valence-electron chi connectivity index (χ0n) is 38.1. The Morgan fingerprint density at radius 3 is 1.22 bits per heavy atom. The third-order valence-corrected chi connectivity index (χ3v) is 13.3. The van der Waals surface area contributed by atoms with Gasteiger partial charge in [0.05, 0.1) is 96.9 Å². The summed E-state index contributed by atoms with van der Waals surface area (Å²) in [5.74, 6) is 0.447. The van der Waals surface area contributed by atoms with E-state index < -0.39 is 0 Å². The zero-order valence-corrected chi connectivity index (χ0v) is 38.1. The molecule has 3 aromatic heterocycles. The first-order valence-corrected chi connectivity index (χ1v) is 23.0. The predicted molar refractivity (Wildman–Crippen MR) is 281 cm³/mol. The summed E-state index contributed by atoms with van der Waals surface area (Å²) in [6.45, 7) is 0. The Kier molecular flexibility index (Phi) is 10.2. The van der Waals surface area contributed by atoms with Crippen LogP contribution in [0.5, 0.6) is 0 Å². The van der Waals surface area contributed by atoms with Crippen LogP contribution in [0.15, 0.2) is 200 Å². The van der Waals surface area contributed by atoms with Gasteiger partial charge >= 0.3 is 0 Å². The van der Waals surface area contributed by atoms with Gasteiger partial charge in [-0.25, -0.2) is 9.97 Å². The lowest BCUT2D eigenvalue weighted by Crippen LogP contribution is -2.06. The number of nitrogens with zero attached hydrogens (tertiary/aromatic N) is 9. The van der Waals surface area contributed by atoms with Crippen LogP contribution < -0.4 is 0 Å². The van der Waals surface area contributed by atoms with Crippen LogP contribution in [0.2, 0.25) is 0 Å². The molecule has 0 spiro atoms. The average Bonchev–Trinajstić information content (AvgIpc) is 3.96. The van der Waals surface area contributed by atoms with Gasteiger partial charge in [0, 0.05) is 38.2 Å². The van der Waals surface area contributed by atoms with Crippen molar-refractivity contribution < 1.29 is 0 Å². The maximum Gasteiger partial charge on any atom is 0.162 e. The van der Waals surface area contributed by atoms with Crippen LogP contribution in [0.3, 0.4) is 0 Å². The smallest absolute Gasteiger partial charge is 0.162 e. The summed E-state index contributed by atoms with van der Waals surface area (Å²) in [5.41, 5.74) is 13.8. The van der Waals surface area contributed by atoms with E-state index in [0.29, 0.717) is 61.7 Å². The van der Waals surface area contributed by atoms with Crippen LogP contribution in [0, 0.1) is 56.7 Å². The van der Waals surface area contributed by atoms with Gasteiger partial charge in [-0.15, -0.1) is 0 Å². The van der Waals surface area contributed by atoms with Crippen molar-refractivity contribution in [2.75, 3.05) is 0 Å². The van der Waals surface area contributed by atoms with E-state index in [9.17, 15) is 26.3 Å². The van der Waals surface area contributed by atoms with Crippen molar-refractivity contribution in [2.24, 2.45) is 0 Å². The van der Waals surface area contributed by atoms with Gasteiger partial charge in [-0.3, -0.25) is 0 Å². The molecule has 72 heavy (non-hydrogen) atoms. The predicted octanol–water partition coefficient (Wildman–Crippen LogP) is 14.4. The number of rotatable bonds is 7. The fraction of sp³-hybridized carbons (Fsp3) is 0. The van der Waals surface area contributed by atoms with Gasteiger partial charge in [0.25, 0.3) is 0 Å². The molecule has 9 nitrogen and oxygen atoms in total. The Morgan fingerprint density at radius 2 is 0.750 bits per heavy atom. The van der Waals surface area contributed by atoms with E-state index in [1.807, 2.05) is 146 Å². The topological polar surface area (TPSA) is 155 Å². The highest BCUT2D eigenvalue weighted by Gasteiger charge is 2.25. The van der Waals surface area contributed by atoms with Crippen molar-refractivity contribution in [2.45, 2.75) is 0 Å². The third kappa shape index (κ3) is 6.98. The Hall–Kier alpha value is -10.9. The van der Waals surface area contributed by atoms with E-state index in [1.54, 1.807) is 24.3 Å². The van der Waals surface area contributed by atoms with E-state index in [-0.39, 0.29) is 0 Å². The summed E-state index contributed by atoms with van der Waals surface area (Å²) in [4.78, 5) is 10.8. The summed E-state index contributed by atoms with van der Waals surface area (Å²) in [6.07, 6.45) is 0. The molecule has 0 aliphatic rings. The van der Waals surface area contributed by atoms with Gasteiger partial charge in [-0.2, -0.15) is 26.3 Å². The van der Waals surface area contributed by atoms with E-state index in [2.05, 4.69) is 69.8 Å². The molecule has 0 N–H and O–H groups in total. The van der Waals surface area contributed by atoms with Crippen LogP contribution in [0.1, 0.15) is 27.8 Å². The van der Waals surface area contributed by atoms with Crippen molar-refractivity contribution in [1.82, 2.24) is 19.1 Å². The SMILES string of the molecule is N#Cc1ccc(-c2ccc3c(c2)c2ccccc2n3-c2cc(-c3nc(-c4ccccc4)cc(-c4ccccc4)n3)c(-n3c4ccccc4c4cc(-c5ccc(C#N)cc5C#N)ccc43)cc2C#N)c(C#N)c1. The number of para-hydroxylation sites is 2. The monoisotopic (exact) mass is 915 g/mol. The van der Waals surface area contributed by atoms with E-state index >= 15 is 0 Å². The van der Waals surface area contributed by atoms with Crippen molar-refractivity contribution in [3.8, 4) is 97.9 Å². The minimum Gasteiger partial charge on any atom is -0.308 e. The average molecular weight is 916 g/mol. The minimum atomic E-state index is 0.402. The van der Waals surface area contributed by atoms with E-state index in [1.165, 1.54) is 0 Å². The Bertz CT molecular complexity index is 4390. The van der Waals surface area contributed by atoms with Gasteiger partial charge in [0.15, 0.2) is 5.82 Å². The summed E-state index contributed by atoms with van der Waals surface area (Å²) >= 11 is 0. The molecule has 0 saturated carbocycles. The standard InChI is InChI=1S/C63H33N9/c64-34-39-19-23-48(45(27-39)36-66)43-21-25-59-52(29-43)50-15-7-9-17-57(50)71(59)61-32-54(63-69-55(41-11-3-1-4-12-41)33-56(70-63)42-13-5-2-6-14-42)62(31-47(61)38-68)72-58-18-10-8-16-51(58)53-30-44(22-26-60(53)72)49-24-20-40(35-65)28-46(49)37-67/h1-33H. The molecule has 12 aromatic rings. The second-order valence-corrected chi connectivity index (χ2v) is 17.3. The highest BCUT2D eigenvalue weighted by Crippen LogP contribution is 2.43. The molecule has 0 saturated heterocycles. The highest BCUT2D eigenvalue weighted by molar-refractivity contribution is 6.12. The van der Waals surface area contributed by atoms with Crippen molar-refractivity contribution in [1.29, 1.82) is 26.3 Å². The van der Waals surface area contributed by atoms with Crippen LogP contribution in [0.4, 0.5) is 0 Å². The molecule has 0 unspecified atom stereocenters. The summed E-state index contributed by atoms with van der Waals surface area (Å²) in [7, 11) is 0. The van der Waals surface area contributed by atoms with Gasteiger partial charge < -0.3 is 9.13 Å². The first kappa shape index (κ1) is 42.5. The molecule has 9 heteroatoms. The van der Waals surface area contributed by atoms with Crippen LogP contribution >= 0.6 is 0 Å². The molecule has 0 amide bonds. The van der Waals surface area contributed by atoms with Gasteiger partial charge in [-0.1, -0.05) is 121 Å². The van der Waals surface area contributed by atoms with Gasteiger partial charge in [0.2, 0.25) is 0 Å². The Labute approximate surface area is 413 Å². The highest BCUT2D eigenvalue weighted by atomic mass is 15.0. The molecule has 9 aromatic carbocycles. The number of nitriles is 5. The lowest BCUT2D eigenvalue weighted by Gasteiger charge is -2.19. The number of benzene rings is 9. The number of fused-ring (bicyclic) bond motifs is 6. The molecule has 0 fully saturated rings. The molecule has 0 aliphatic heterocycles. The van der Waals surface area contributed by atoms with E-state index in [0.717, 1.165) is 77.3 Å². The molecule has 0 radical (unpaired) electrons. The molecule has 12 rings (SSSR count). The Balaban J connectivity index is 1.17. The fourth-order valence-corrected chi connectivity index (χ4v) is 10.0. The maximum absolute atomic E-state index is 11.4. The fourth-order valence-electron chi connectivity index (χ4n) is 10.0. The van der Waals surface area contributed by atoms with Crippen molar-refractivity contribution >= 4 is 43.6 Å². The number of aromatic nitrogens is 4. The first-order valence-electron chi connectivity index (χ1n) is 23.0. The molecule has 0 bridgehead atoms. The minimum absolute atomic E-state index is 0.402. The lowest BCUT2D eigenvalue weighted by atomic mass is 9.97. The van der Waals surface area contributed by atoms with Crippen LogP contribution in [-0.2, 0) is 0 Å². The molecule has 3 heterocycles.